The number of anilines is 1. The molecule has 4 rings (SSSR count). The lowest BCUT2D eigenvalue weighted by Gasteiger charge is -2.29. The fraction of sp³-hybridized carbons (Fsp3) is 0.280. The second-order valence-electron chi connectivity index (χ2n) is 8.40. The van der Waals surface area contributed by atoms with E-state index in [0.717, 1.165) is 22.4 Å². The zero-order chi connectivity index (χ0) is 23.6. The highest BCUT2D eigenvalue weighted by Crippen LogP contribution is 2.25. The monoisotopic (exact) mass is 482 g/mol. The largest absolute Gasteiger partial charge is 0.333 e. The predicted molar refractivity (Wildman–Crippen MR) is 130 cm³/mol. The molecule has 1 aliphatic heterocycles. The average Bonchev–Trinajstić information content (AvgIpc) is 3.33. The van der Waals surface area contributed by atoms with Gasteiger partial charge in [-0.25, -0.2) is 8.42 Å². The molecule has 1 N–H and O–H groups in total. The number of fused-ring (bicyclic) bond motifs is 1. The Kier molecular flexibility index (Phi) is 6.67. The van der Waals surface area contributed by atoms with Crippen molar-refractivity contribution < 1.29 is 18.0 Å². The number of rotatable bonds is 6. The van der Waals surface area contributed by atoms with E-state index in [-0.39, 0.29) is 23.1 Å². The summed E-state index contributed by atoms with van der Waals surface area (Å²) in [4.78, 5) is 28.1. The van der Waals surface area contributed by atoms with Crippen molar-refractivity contribution in [2.75, 3.05) is 11.9 Å². The first kappa shape index (κ1) is 23.2. The second kappa shape index (κ2) is 9.49. The minimum Gasteiger partial charge on any atom is -0.333 e. The molecule has 0 fully saturated rings. The Labute approximate surface area is 198 Å². The molecule has 0 bridgehead atoms. The molecule has 3 aromatic rings. The number of carbonyl (C=O) groups excluding carboxylic acids is 2. The van der Waals surface area contributed by atoms with E-state index >= 15 is 0 Å². The topological polar surface area (TPSA) is 83.6 Å². The van der Waals surface area contributed by atoms with Gasteiger partial charge in [0.15, 0.2) is 9.84 Å². The number of sulfone groups is 1. The van der Waals surface area contributed by atoms with E-state index in [1.807, 2.05) is 40.6 Å². The van der Waals surface area contributed by atoms with Crippen molar-refractivity contribution in [2.45, 2.75) is 43.4 Å². The molecule has 33 heavy (non-hydrogen) atoms. The number of benzene rings is 2. The maximum absolute atomic E-state index is 12.7. The summed E-state index contributed by atoms with van der Waals surface area (Å²) >= 11 is 1.44. The molecule has 2 heterocycles. The molecule has 0 saturated carbocycles. The quantitative estimate of drug-likeness (QED) is 0.568. The number of amides is 2. The lowest BCUT2D eigenvalue weighted by molar-refractivity contribution is -0.115. The molecule has 2 aromatic carbocycles. The molecular formula is C25H26N2O4S2. The van der Waals surface area contributed by atoms with Gasteiger partial charge in [0.25, 0.3) is 5.91 Å². The molecular weight excluding hydrogens is 456 g/mol. The Hall–Kier alpha value is -2.97. The summed E-state index contributed by atoms with van der Waals surface area (Å²) in [6.07, 6.45) is 0.925. The highest BCUT2D eigenvalue weighted by atomic mass is 32.2. The summed E-state index contributed by atoms with van der Waals surface area (Å²) in [6, 6.07) is 16.0. The Bertz CT molecular complexity index is 1260. The first-order chi connectivity index (χ1) is 15.7. The van der Waals surface area contributed by atoms with Crippen LogP contribution in [0, 0.1) is 0 Å². The zero-order valence-electron chi connectivity index (χ0n) is 18.6. The molecule has 8 heteroatoms. The molecule has 1 aromatic heterocycles. The van der Waals surface area contributed by atoms with Crippen molar-refractivity contribution in [3.05, 3.63) is 81.5 Å². The third-order valence-electron chi connectivity index (χ3n) is 5.76. The molecule has 172 valence electrons. The highest BCUT2D eigenvalue weighted by Gasteiger charge is 2.23. The Morgan fingerprint density at radius 1 is 1.06 bits per heavy atom. The van der Waals surface area contributed by atoms with Gasteiger partial charge in [0, 0.05) is 18.8 Å². The molecule has 0 atom stereocenters. The van der Waals surface area contributed by atoms with Gasteiger partial charge >= 0.3 is 0 Å². The van der Waals surface area contributed by atoms with Crippen LogP contribution in [0.25, 0.3) is 0 Å². The summed E-state index contributed by atoms with van der Waals surface area (Å²) < 4.78 is 24.5. The predicted octanol–water partition coefficient (Wildman–Crippen LogP) is 4.31. The van der Waals surface area contributed by atoms with Gasteiger partial charge < -0.3 is 10.2 Å². The smallest absolute Gasteiger partial charge is 0.264 e. The average molecular weight is 483 g/mol. The van der Waals surface area contributed by atoms with Crippen LogP contribution in [0.15, 0.2) is 64.9 Å². The van der Waals surface area contributed by atoms with E-state index < -0.39 is 15.1 Å². The maximum Gasteiger partial charge on any atom is 0.264 e. The SMILES string of the molecule is CC(C)S(=O)(=O)c1ccc(CC(=O)Nc2ccc3c(c2)CN(C(=O)c2cccs2)CC3)cc1. The van der Waals surface area contributed by atoms with E-state index in [4.69, 9.17) is 0 Å². The van der Waals surface area contributed by atoms with Gasteiger partial charge in [0.05, 0.1) is 21.4 Å². The molecule has 6 nitrogen and oxygen atoms in total. The van der Waals surface area contributed by atoms with Crippen molar-refractivity contribution >= 4 is 38.7 Å². The third kappa shape index (κ3) is 5.17. The van der Waals surface area contributed by atoms with Crippen molar-refractivity contribution in [2.24, 2.45) is 0 Å². The van der Waals surface area contributed by atoms with E-state index in [9.17, 15) is 18.0 Å². The van der Waals surface area contributed by atoms with Crippen LogP contribution in [-0.4, -0.2) is 36.9 Å². The van der Waals surface area contributed by atoms with E-state index in [1.54, 1.807) is 38.1 Å². The van der Waals surface area contributed by atoms with Gasteiger partial charge in [0.1, 0.15) is 0 Å². The minimum atomic E-state index is -3.33. The second-order valence-corrected chi connectivity index (χ2v) is 11.9. The molecule has 0 spiro atoms. The first-order valence-electron chi connectivity index (χ1n) is 10.8. The Balaban J connectivity index is 1.40. The zero-order valence-corrected chi connectivity index (χ0v) is 20.2. The highest BCUT2D eigenvalue weighted by molar-refractivity contribution is 7.92. The van der Waals surface area contributed by atoms with Crippen LogP contribution < -0.4 is 5.32 Å². The molecule has 0 unspecified atom stereocenters. The van der Waals surface area contributed by atoms with Crippen molar-refractivity contribution in [3.8, 4) is 0 Å². The standard InChI is InChI=1S/C25H26N2O4S2/c1-17(2)33(30,31)22-9-5-18(6-10-22)14-24(28)26-21-8-7-19-11-12-27(16-20(19)15-21)25(29)23-4-3-13-32-23/h3-10,13,15,17H,11-12,14,16H2,1-2H3,(H,26,28). The van der Waals surface area contributed by atoms with Crippen LogP contribution in [0.5, 0.6) is 0 Å². The summed E-state index contributed by atoms with van der Waals surface area (Å²) in [5, 5.41) is 4.32. The summed E-state index contributed by atoms with van der Waals surface area (Å²) in [6.45, 7) is 4.48. The summed E-state index contributed by atoms with van der Waals surface area (Å²) in [7, 11) is -3.33. The molecule has 0 aliphatic carbocycles. The molecule has 2 amide bonds. The Morgan fingerprint density at radius 3 is 2.48 bits per heavy atom. The number of nitrogens with zero attached hydrogens (tertiary/aromatic N) is 1. The summed E-state index contributed by atoms with van der Waals surface area (Å²) in [5.74, 6) is -0.148. The van der Waals surface area contributed by atoms with E-state index in [0.29, 0.717) is 18.8 Å². The van der Waals surface area contributed by atoms with E-state index in [2.05, 4.69) is 5.32 Å². The number of nitrogens with one attached hydrogen (secondary N) is 1. The van der Waals surface area contributed by atoms with Gasteiger partial charge in [0.2, 0.25) is 5.91 Å². The van der Waals surface area contributed by atoms with Gasteiger partial charge in [-0.3, -0.25) is 9.59 Å². The Morgan fingerprint density at radius 2 is 1.82 bits per heavy atom. The summed E-state index contributed by atoms with van der Waals surface area (Å²) in [5.41, 5.74) is 3.64. The number of hydrogen-bond donors (Lipinski definition) is 1. The molecule has 0 radical (unpaired) electrons. The van der Waals surface area contributed by atoms with Crippen molar-refractivity contribution in [3.63, 3.8) is 0 Å². The normalized spacial score (nSPS) is 13.6. The fourth-order valence-electron chi connectivity index (χ4n) is 3.82. The van der Waals surface area contributed by atoms with Crippen LogP contribution in [0.2, 0.25) is 0 Å². The van der Waals surface area contributed by atoms with Gasteiger partial charge in [-0.1, -0.05) is 24.3 Å². The van der Waals surface area contributed by atoms with Crippen LogP contribution >= 0.6 is 11.3 Å². The fourth-order valence-corrected chi connectivity index (χ4v) is 5.57. The first-order valence-corrected chi connectivity index (χ1v) is 13.2. The third-order valence-corrected chi connectivity index (χ3v) is 8.79. The number of carbonyl (C=O) groups is 2. The molecule has 1 aliphatic rings. The van der Waals surface area contributed by atoms with Crippen LogP contribution in [0.4, 0.5) is 5.69 Å². The minimum absolute atomic E-state index is 0.0352. The lowest BCUT2D eigenvalue weighted by atomic mass is 9.98. The van der Waals surface area contributed by atoms with E-state index in [1.165, 1.54) is 16.9 Å². The van der Waals surface area contributed by atoms with Gasteiger partial charge in [-0.15, -0.1) is 11.3 Å². The van der Waals surface area contributed by atoms with Gasteiger partial charge in [-0.05, 0) is 72.7 Å². The van der Waals surface area contributed by atoms with Crippen molar-refractivity contribution in [1.82, 2.24) is 4.90 Å². The van der Waals surface area contributed by atoms with Crippen LogP contribution in [-0.2, 0) is 34.0 Å². The van der Waals surface area contributed by atoms with Crippen molar-refractivity contribution in [1.29, 1.82) is 0 Å². The lowest BCUT2D eigenvalue weighted by Crippen LogP contribution is -2.35. The number of hydrogen-bond acceptors (Lipinski definition) is 5. The van der Waals surface area contributed by atoms with Crippen LogP contribution in [0.1, 0.15) is 40.2 Å². The van der Waals surface area contributed by atoms with Crippen LogP contribution in [0.3, 0.4) is 0 Å². The number of thiophene rings is 1. The van der Waals surface area contributed by atoms with Gasteiger partial charge in [-0.2, -0.15) is 0 Å². The molecule has 0 saturated heterocycles. The maximum atomic E-state index is 12.7.